The van der Waals surface area contributed by atoms with E-state index < -0.39 is 0 Å². The van der Waals surface area contributed by atoms with Gasteiger partial charge in [0, 0.05) is 32.7 Å². The van der Waals surface area contributed by atoms with E-state index in [0.29, 0.717) is 0 Å². The van der Waals surface area contributed by atoms with Gasteiger partial charge in [-0.2, -0.15) is 0 Å². The molecule has 2 aliphatic rings. The van der Waals surface area contributed by atoms with Crippen molar-refractivity contribution in [2.45, 2.75) is 26.3 Å². The first-order valence-corrected chi connectivity index (χ1v) is 8.19. The van der Waals surface area contributed by atoms with Gasteiger partial charge < -0.3 is 10.2 Å². The Morgan fingerprint density at radius 2 is 1.86 bits per heavy atom. The maximum absolute atomic E-state index is 14.1. The Balaban J connectivity index is 1.68. The fraction of sp³-hybridized carbons (Fsp3) is 0.647. The molecule has 0 atom stereocenters. The van der Waals surface area contributed by atoms with Gasteiger partial charge in [0.2, 0.25) is 0 Å². The monoisotopic (exact) mass is 291 g/mol. The maximum atomic E-state index is 14.1. The van der Waals surface area contributed by atoms with Crippen molar-refractivity contribution in [2.24, 2.45) is 5.92 Å². The number of anilines is 1. The van der Waals surface area contributed by atoms with E-state index in [9.17, 15) is 4.39 Å². The summed E-state index contributed by atoms with van der Waals surface area (Å²) in [5, 5.41) is 3.32. The van der Waals surface area contributed by atoms with Gasteiger partial charge in [0.15, 0.2) is 0 Å². The molecule has 1 aromatic rings. The van der Waals surface area contributed by atoms with E-state index >= 15 is 0 Å². The molecule has 1 aromatic carbocycles. The molecule has 0 aliphatic carbocycles. The smallest absolute Gasteiger partial charge is 0.146 e. The van der Waals surface area contributed by atoms with Crippen LogP contribution in [0.25, 0.3) is 0 Å². The van der Waals surface area contributed by atoms with Gasteiger partial charge in [0.25, 0.3) is 0 Å². The minimum absolute atomic E-state index is 0.0899. The van der Waals surface area contributed by atoms with Crippen molar-refractivity contribution in [3.8, 4) is 0 Å². The van der Waals surface area contributed by atoms with Gasteiger partial charge in [-0.05, 0) is 49.5 Å². The topological polar surface area (TPSA) is 18.5 Å². The van der Waals surface area contributed by atoms with Crippen LogP contribution in [-0.2, 0) is 6.54 Å². The van der Waals surface area contributed by atoms with E-state index in [1.165, 1.54) is 31.5 Å². The molecule has 3 rings (SSSR count). The third-order valence-electron chi connectivity index (χ3n) is 4.75. The number of likely N-dealkylation sites (tertiary alicyclic amines) is 1. The largest absolute Gasteiger partial charge is 0.367 e. The van der Waals surface area contributed by atoms with Crippen LogP contribution in [0.4, 0.5) is 10.1 Å². The van der Waals surface area contributed by atoms with Gasteiger partial charge in [0.05, 0.1) is 5.69 Å². The Morgan fingerprint density at radius 3 is 2.57 bits per heavy atom. The van der Waals surface area contributed by atoms with Crippen molar-refractivity contribution in [1.29, 1.82) is 0 Å². The van der Waals surface area contributed by atoms with Crippen LogP contribution in [-0.4, -0.2) is 44.2 Å². The highest BCUT2D eigenvalue weighted by Crippen LogP contribution is 2.24. The second-order valence-corrected chi connectivity index (χ2v) is 6.48. The summed E-state index contributed by atoms with van der Waals surface area (Å²) >= 11 is 0. The molecule has 1 N–H and O–H groups in total. The van der Waals surface area contributed by atoms with Crippen molar-refractivity contribution in [2.75, 3.05) is 44.2 Å². The summed E-state index contributed by atoms with van der Waals surface area (Å²) in [6.45, 7) is 9.28. The van der Waals surface area contributed by atoms with Gasteiger partial charge in [-0.25, -0.2) is 4.39 Å². The van der Waals surface area contributed by atoms with E-state index in [1.54, 1.807) is 6.07 Å². The molecular weight excluding hydrogens is 265 g/mol. The molecule has 2 aliphatic heterocycles. The first-order chi connectivity index (χ1) is 10.2. The van der Waals surface area contributed by atoms with Gasteiger partial charge in [-0.3, -0.25) is 4.90 Å². The van der Waals surface area contributed by atoms with Crippen LogP contribution >= 0.6 is 0 Å². The lowest BCUT2D eigenvalue weighted by Crippen LogP contribution is -2.44. The second kappa shape index (κ2) is 6.75. The number of piperidine rings is 1. The molecule has 0 spiro atoms. The molecule has 2 saturated heterocycles. The van der Waals surface area contributed by atoms with Crippen LogP contribution in [0.15, 0.2) is 18.2 Å². The zero-order valence-electron chi connectivity index (χ0n) is 12.9. The normalized spacial score (nSPS) is 21.7. The summed E-state index contributed by atoms with van der Waals surface area (Å²) < 4.78 is 14.1. The van der Waals surface area contributed by atoms with Crippen molar-refractivity contribution in [3.63, 3.8) is 0 Å². The number of rotatable bonds is 3. The lowest BCUT2D eigenvalue weighted by molar-refractivity contribution is 0.185. The zero-order chi connectivity index (χ0) is 14.7. The third-order valence-corrected chi connectivity index (χ3v) is 4.75. The molecule has 3 nitrogen and oxygen atoms in total. The van der Waals surface area contributed by atoms with Crippen molar-refractivity contribution in [3.05, 3.63) is 29.6 Å². The van der Waals surface area contributed by atoms with E-state index in [4.69, 9.17) is 0 Å². The molecule has 2 heterocycles. The maximum Gasteiger partial charge on any atom is 0.146 e. The fourth-order valence-electron chi connectivity index (χ4n) is 3.28. The molecule has 0 amide bonds. The number of benzene rings is 1. The second-order valence-electron chi connectivity index (χ2n) is 6.48. The quantitative estimate of drug-likeness (QED) is 0.923. The molecule has 4 heteroatoms. The summed E-state index contributed by atoms with van der Waals surface area (Å²) in [6.07, 6.45) is 2.57. The molecule has 0 radical (unpaired) electrons. The van der Waals surface area contributed by atoms with Gasteiger partial charge in [-0.15, -0.1) is 0 Å². The van der Waals surface area contributed by atoms with E-state index in [2.05, 4.69) is 28.1 Å². The lowest BCUT2D eigenvalue weighted by Gasteiger charge is -2.32. The van der Waals surface area contributed by atoms with Crippen molar-refractivity contribution < 1.29 is 4.39 Å². The summed E-state index contributed by atoms with van der Waals surface area (Å²) in [4.78, 5) is 4.66. The number of nitrogens with zero attached hydrogens (tertiary/aromatic N) is 2. The first kappa shape index (κ1) is 14.8. The van der Waals surface area contributed by atoms with Crippen LogP contribution < -0.4 is 10.2 Å². The lowest BCUT2D eigenvalue weighted by atomic mass is 9.99. The summed E-state index contributed by atoms with van der Waals surface area (Å²) in [6, 6.07) is 5.64. The van der Waals surface area contributed by atoms with Crippen LogP contribution in [0.2, 0.25) is 0 Å². The minimum Gasteiger partial charge on any atom is -0.367 e. The standard InChI is InChI=1S/C17H26FN3/c1-14-4-8-20(9-5-14)13-15-2-3-16(18)17(12-15)21-10-6-19-7-11-21/h2-3,12,14,19H,4-11,13H2,1H3. The average Bonchev–Trinajstić information content (AvgIpc) is 2.52. The Labute approximate surface area is 127 Å². The third kappa shape index (κ3) is 3.74. The molecule has 116 valence electrons. The van der Waals surface area contributed by atoms with Crippen LogP contribution in [0, 0.1) is 11.7 Å². The van der Waals surface area contributed by atoms with Crippen molar-refractivity contribution >= 4 is 5.69 Å². The molecule has 2 fully saturated rings. The molecule has 0 bridgehead atoms. The highest BCUT2D eigenvalue weighted by molar-refractivity contribution is 5.50. The fourth-order valence-corrected chi connectivity index (χ4v) is 3.28. The van der Waals surface area contributed by atoms with Crippen molar-refractivity contribution in [1.82, 2.24) is 10.2 Å². The number of piperazine rings is 1. The predicted molar refractivity (Wildman–Crippen MR) is 85.2 cm³/mol. The number of hydrogen-bond acceptors (Lipinski definition) is 3. The SMILES string of the molecule is CC1CCN(Cc2ccc(F)c(N3CCNCC3)c2)CC1. The van der Waals surface area contributed by atoms with E-state index in [1.807, 2.05) is 6.07 Å². The minimum atomic E-state index is -0.0899. The number of halogens is 1. The number of nitrogens with one attached hydrogen (secondary N) is 1. The van der Waals surface area contributed by atoms with Crippen LogP contribution in [0.5, 0.6) is 0 Å². The van der Waals surface area contributed by atoms with E-state index in [0.717, 1.165) is 44.3 Å². The predicted octanol–water partition coefficient (Wildman–Crippen LogP) is 2.47. The molecule has 0 aromatic heterocycles. The Hall–Kier alpha value is -1.13. The zero-order valence-corrected chi connectivity index (χ0v) is 12.9. The van der Waals surface area contributed by atoms with Crippen LogP contribution in [0.1, 0.15) is 25.3 Å². The summed E-state index contributed by atoms with van der Waals surface area (Å²) in [5.41, 5.74) is 2.01. The Morgan fingerprint density at radius 1 is 1.14 bits per heavy atom. The highest BCUT2D eigenvalue weighted by atomic mass is 19.1. The van der Waals surface area contributed by atoms with Gasteiger partial charge in [0.1, 0.15) is 5.82 Å². The Kier molecular flexibility index (Phi) is 4.76. The van der Waals surface area contributed by atoms with Gasteiger partial charge in [-0.1, -0.05) is 13.0 Å². The van der Waals surface area contributed by atoms with Gasteiger partial charge >= 0.3 is 0 Å². The van der Waals surface area contributed by atoms with Crippen LogP contribution in [0.3, 0.4) is 0 Å². The number of hydrogen-bond donors (Lipinski definition) is 1. The molecule has 21 heavy (non-hydrogen) atoms. The average molecular weight is 291 g/mol. The first-order valence-electron chi connectivity index (χ1n) is 8.19. The highest BCUT2D eigenvalue weighted by Gasteiger charge is 2.18. The summed E-state index contributed by atoms with van der Waals surface area (Å²) in [5.74, 6) is 0.763. The molecule has 0 saturated carbocycles. The van der Waals surface area contributed by atoms with E-state index in [-0.39, 0.29) is 5.82 Å². The molecule has 0 unspecified atom stereocenters. The Bertz CT molecular complexity index is 463. The summed E-state index contributed by atoms with van der Waals surface area (Å²) in [7, 11) is 0. The molecular formula is C17H26FN3.